The fourth-order valence-corrected chi connectivity index (χ4v) is 3.85. The normalized spacial score (nSPS) is 30.0. The summed E-state index contributed by atoms with van der Waals surface area (Å²) >= 11 is 0. The van der Waals surface area contributed by atoms with E-state index in [4.69, 9.17) is 0 Å². The second-order valence-corrected chi connectivity index (χ2v) is 7.61. The minimum absolute atomic E-state index is 0.772. The molecule has 3 unspecified atom stereocenters. The summed E-state index contributed by atoms with van der Waals surface area (Å²) in [5.41, 5.74) is 1.17. The summed E-state index contributed by atoms with van der Waals surface area (Å²) in [7, 11) is 1.96. The molecule has 1 heterocycles. The van der Waals surface area contributed by atoms with Gasteiger partial charge in [-0.15, -0.1) is 5.10 Å². The Labute approximate surface area is 128 Å². The van der Waals surface area contributed by atoms with E-state index in [0.717, 1.165) is 36.1 Å². The van der Waals surface area contributed by atoms with Crippen LogP contribution in [0.2, 0.25) is 0 Å². The first-order valence-corrected chi connectivity index (χ1v) is 8.70. The summed E-state index contributed by atoms with van der Waals surface area (Å²) in [6.45, 7) is 5.97. The topological polar surface area (TPSA) is 42.7 Å². The van der Waals surface area contributed by atoms with Crippen molar-refractivity contribution >= 4 is 0 Å². The highest BCUT2D eigenvalue weighted by Crippen LogP contribution is 2.39. The first-order chi connectivity index (χ1) is 10.1. The number of aryl methyl sites for hydroxylation is 1. The van der Waals surface area contributed by atoms with Crippen molar-refractivity contribution in [2.75, 3.05) is 6.54 Å². The first-order valence-electron chi connectivity index (χ1n) is 8.70. The van der Waals surface area contributed by atoms with Gasteiger partial charge in [0.1, 0.15) is 0 Å². The molecule has 0 aromatic carbocycles. The maximum atomic E-state index is 4.31. The standard InChI is InChI=1S/C17H30N4/c1-12(2)13-4-5-14(10-18-16-6-7-16)15(8-13)9-17-11-21(3)20-19-17/h11-16,18H,4-10H2,1-3H3. The molecule has 2 aliphatic carbocycles. The van der Waals surface area contributed by atoms with Gasteiger partial charge < -0.3 is 5.32 Å². The highest BCUT2D eigenvalue weighted by Gasteiger charge is 2.33. The van der Waals surface area contributed by atoms with Crippen molar-refractivity contribution in [2.24, 2.45) is 30.7 Å². The van der Waals surface area contributed by atoms with Crippen molar-refractivity contribution in [1.29, 1.82) is 0 Å². The molecule has 1 N–H and O–H groups in total. The number of rotatable bonds is 6. The van der Waals surface area contributed by atoms with Gasteiger partial charge in [-0.05, 0) is 68.7 Å². The van der Waals surface area contributed by atoms with E-state index in [1.165, 1.54) is 44.3 Å². The number of hydrogen-bond acceptors (Lipinski definition) is 3. The maximum Gasteiger partial charge on any atom is 0.0829 e. The summed E-state index contributed by atoms with van der Waals surface area (Å²) in [5.74, 6) is 3.30. The zero-order chi connectivity index (χ0) is 14.8. The van der Waals surface area contributed by atoms with Gasteiger partial charge in [-0.25, -0.2) is 0 Å². The molecule has 4 nitrogen and oxygen atoms in total. The molecule has 0 radical (unpaired) electrons. The Morgan fingerprint density at radius 3 is 2.67 bits per heavy atom. The molecule has 0 amide bonds. The van der Waals surface area contributed by atoms with Crippen LogP contribution in [0.4, 0.5) is 0 Å². The minimum atomic E-state index is 0.772. The van der Waals surface area contributed by atoms with Crippen LogP contribution in [0.3, 0.4) is 0 Å². The fourth-order valence-electron chi connectivity index (χ4n) is 3.85. The van der Waals surface area contributed by atoms with Crippen molar-refractivity contribution < 1.29 is 0 Å². The summed E-state index contributed by atoms with van der Waals surface area (Å²) in [5, 5.41) is 12.2. The average Bonchev–Trinajstić information content (AvgIpc) is 3.19. The zero-order valence-corrected chi connectivity index (χ0v) is 13.8. The van der Waals surface area contributed by atoms with Crippen LogP contribution < -0.4 is 5.32 Å². The van der Waals surface area contributed by atoms with Gasteiger partial charge in [-0.1, -0.05) is 19.1 Å². The third-order valence-electron chi connectivity index (χ3n) is 5.49. The van der Waals surface area contributed by atoms with E-state index in [0.29, 0.717) is 0 Å². The molecule has 1 aromatic heterocycles. The molecule has 3 rings (SSSR count). The van der Waals surface area contributed by atoms with Gasteiger partial charge in [0, 0.05) is 19.3 Å². The smallest absolute Gasteiger partial charge is 0.0829 e. The molecule has 118 valence electrons. The second kappa shape index (κ2) is 6.47. The molecular formula is C17H30N4. The van der Waals surface area contributed by atoms with E-state index >= 15 is 0 Å². The van der Waals surface area contributed by atoms with Crippen LogP contribution in [0.15, 0.2) is 6.20 Å². The molecule has 21 heavy (non-hydrogen) atoms. The van der Waals surface area contributed by atoms with Crippen molar-refractivity contribution in [3.63, 3.8) is 0 Å². The predicted molar refractivity (Wildman–Crippen MR) is 84.9 cm³/mol. The van der Waals surface area contributed by atoms with E-state index in [1.807, 2.05) is 11.7 Å². The van der Waals surface area contributed by atoms with Crippen LogP contribution in [0.25, 0.3) is 0 Å². The van der Waals surface area contributed by atoms with E-state index in [-0.39, 0.29) is 0 Å². The van der Waals surface area contributed by atoms with Gasteiger partial charge in [-0.3, -0.25) is 4.68 Å². The zero-order valence-electron chi connectivity index (χ0n) is 13.8. The minimum Gasteiger partial charge on any atom is -0.314 e. The van der Waals surface area contributed by atoms with Crippen LogP contribution in [0.5, 0.6) is 0 Å². The van der Waals surface area contributed by atoms with Crippen molar-refractivity contribution in [3.8, 4) is 0 Å². The van der Waals surface area contributed by atoms with Crippen LogP contribution in [-0.2, 0) is 13.5 Å². The predicted octanol–water partition coefficient (Wildman–Crippen LogP) is 2.80. The Morgan fingerprint density at radius 1 is 1.24 bits per heavy atom. The lowest BCUT2D eigenvalue weighted by atomic mass is 9.69. The van der Waals surface area contributed by atoms with Crippen LogP contribution >= 0.6 is 0 Å². The molecule has 2 fully saturated rings. The van der Waals surface area contributed by atoms with E-state index in [2.05, 4.69) is 35.7 Å². The molecule has 3 atom stereocenters. The lowest BCUT2D eigenvalue weighted by Gasteiger charge is -2.38. The van der Waals surface area contributed by atoms with Crippen LogP contribution in [0, 0.1) is 23.7 Å². The Bertz CT molecular complexity index is 449. The van der Waals surface area contributed by atoms with Crippen LogP contribution in [0.1, 0.15) is 51.6 Å². The van der Waals surface area contributed by atoms with Gasteiger partial charge in [-0.2, -0.15) is 0 Å². The molecule has 0 aliphatic heterocycles. The quantitative estimate of drug-likeness (QED) is 0.876. The third-order valence-corrected chi connectivity index (χ3v) is 5.49. The third kappa shape index (κ3) is 4.06. The largest absolute Gasteiger partial charge is 0.314 e. The SMILES string of the molecule is CC(C)C1CCC(CNC2CC2)C(Cc2cn(C)nn2)C1. The highest BCUT2D eigenvalue weighted by atomic mass is 15.4. The molecule has 1 aromatic rings. The lowest BCUT2D eigenvalue weighted by molar-refractivity contribution is 0.143. The molecule has 0 saturated heterocycles. The summed E-state index contributed by atoms with van der Waals surface area (Å²) < 4.78 is 1.83. The Morgan fingerprint density at radius 2 is 2.05 bits per heavy atom. The maximum absolute atomic E-state index is 4.31. The fraction of sp³-hybridized carbons (Fsp3) is 0.882. The monoisotopic (exact) mass is 290 g/mol. The van der Waals surface area contributed by atoms with Gasteiger partial charge in [0.2, 0.25) is 0 Å². The van der Waals surface area contributed by atoms with Crippen molar-refractivity contribution in [3.05, 3.63) is 11.9 Å². The second-order valence-electron chi connectivity index (χ2n) is 7.61. The van der Waals surface area contributed by atoms with Crippen LogP contribution in [-0.4, -0.2) is 27.6 Å². The van der Waals surface area contributed by atoms with Gasteiger partial charge in [0.05, 0.1) is 5.69 Å². The number of hydrogen-bond donors (Lipinski definition) is 1. The summed E-state index contributed by atoms with van der Waals surface area (Å²) in [6.07, 6.45) is 10.1. The molecular weight excluding hydrogens is 260 g/mol. The van der Waals surface area contributed by atoms with Crippen molar-refractivity contribution in [2.45, 2.75) is 58.4 Å². The molecule has 0 bridgehead atoms. The van der Waals surface area contributed by atoms with E-state index in [1.54, 1.807) is 0 Å². The lowest BCUT2D eigenvalue weighted by Crippen LogP contribution is -2.36. The number of aromatic nitrogens is 3. The molecule has 2 aliphatic rings. The summed E-state index contributed by atoms with van der Waals surface area (Å²) in [6, 6.07) is 0.824. The van der Waals surface area contributed by atoms with Gasteiger partial charge in [0.25, 0.3) is 0 Å². The average molecular weight is 290 g/mol. The summed E-state index contributed by atoms with van der Waals surface area (Å²) in [4.78, 5) is 0. The Hall–Kier alpha value is -0.900. The number of nitrogens with one attached hydrogen (secondary N) is 1. The van der Waals surface area contributed by atoms with E-state index in [9.17, 15) is 0 Å². The molecule has 4 heteroatoms. The van der Waals surface area contributed by atoms with Crippen molar-refractivity contribution in [1.82, 2.24) is 20.3 Å². The van der Waals surface area contributed by atoms with Gasteiger partial charge in [0.15, 0.2) is 0 Å². The molecule has 0 spiro atoms. The molecule has 2 saturated carbocycles. The van der Waals surface area contributed by atoms with E-state index < -0.39 is 0 Å². The first kappa shape index (κ1) is 15.0. The number of nitrogens with zero attached hydrogens (tertiary/aromatic N) is 3. The van der Waals surface area contributed by atoms with Gasteiger partial charge >= 0.3 is 0 Å². The highest BCUT2D eigenvalue weighted by molar-refractivity contribution is 4.97. The Balaban J connectivity index is 1.62. The Kier molecular flexibility index (Phi) is 4.63.